The lowest BCUT2D eigenvalue weighted by atomic mass is 10.1. The first-order valence-electron chi connectivity index (χ1n) is 7.86. The lowest BCUT2D eigenvalue weighted by molar-refractivity contribution is -0.121. The van der Waals surface area contributed by atoms with E-state index < -0.39 is 11.2 Å². The molecule has 1 aromatic carbocycles. The second-order valence-electron chi connectivity index (χ2n) is 5.87. The lowest BCUT2D eigenvalue weighted by Crippen LogP contribution is -2.35. The molecule has 2 aromatic rings. The third kappa shape index (κ3) is 3.56. The third-order valence-corrected chi connectivity index (χ3v) is 4.10. The van der Waals surface area contributed by atoms with E-state index in [1.54, 1.807) is 6.92 Å². The molecule has 1 aromatic heterocycles. The van der Waals surface area contributed by atoms with Gasteiger partial charge in [-0.2, -0.15) is 0 Å². The van der Waals surface area contributed by atoms with Crippen LogP contribution in [-0.4, -0.2) is 28.5 Å². The van der Waals surface area contributed by atoms with Gasteiger partial charge in [0.1, 0.15) is 11.9 Å². The van der Waals surface area contributed by atoms with Crippen LogP contribution in [-0.2, 0) is 17.6 Å². The van der Waals surface area contributed by atoms with Gasteiger partial charge in [0.25, 0.3) is 5.56 Å². The first-order chi connectivity index (χ1) is 11.5. The van der Waals surface area contributed by atoms with Crippen LogP contribution in [0.5, 0.6) is 5.75 Å². The van der Waals surface area contributed by atoms with E-state index in [1.807, 2.05) is 24.3 Å². The van der Waals surface area contributed by atoms with E-state index in [1.165, 1.54) is 0 Å². The van der Waals surface area contributed by atoms with Crippen molar-refractivity contribution in [3.05, 3.63) is 61.9 Å². The average molecular weight is 329 g/mol. The number of nitrogens with one attached hydrogen (secondary N) is 3. The Kier molecular flexibility index (Phi) is 4.50. The molecule has 3 N–H and O–H groups in total. The van der Waals surface area contributed by atoms with Crippen LogP contribution in [0, 0.1) is 6.92 Å². The quantitative estimate of drug-likeness (QED) is 0.739. The minimum atomic E-state index is -0.538. The number of amides is 1. The molecule has 0 saturated carbocycles. The average Bonchev–Trinajstić information content (AvgIpc) is 2.94. The van der Waals surface area contributed by atoms with Crippen LogP contribution in [0.1, 0.15) is 23.2 Å². The molecule has 0 unspecified atom stereocenters. The minimum absolute atomic E-state index is 0.0652. The number of hydrogen-bond donors (Lipinski definition) is 3. The molecule has 2 heterocycles. The molecule has 1 atom stereocenters. The van der Waals surface area contributed by atoms with Crippen molar-refractivity contribution in [1.82, 2.24) is 15.3 Å². The van der Waals surface area contributed by atoms with Crippen molar-refractivity contribution >= 4 is 5.91 Å². The molecular weight excluding hydrogens is 310 g/mol. The van der Waals surface area contributed by atoms with Crippen LogP contribution in [0.25, 0.3) is 0 Å². The number of aryl methyl sites for hydroxylation is 1. The predicted molar refractivity (Wildman–Crippen MR) is 88.3 cm³/mol. The van der Waals surface area contributed by atoms with Gasteiger partial charge in [-0.1, -0.05) is 18.2 Å². The largest absolute Gasteiger partial charge is 0.488 e. The van der Waals surface area contributed by atoms with Gasteiger partial charge in [-0.25, -0.2) is 4.79 Å². The molecule has 3 rings (SSSR count). The van der Waals surface area contributed by atoms with Gasteiger partial charge in [-0.3, -0.25) is 14.6 Å². The van der Waals surface area contributed by atoms with E-state index in [9.17, 15) is 14.4 Å². The molecule has 7 heteroatoms. The summed E-state index contributed by atoms with van der Waals surface area (Å²) in [6.07, 6.45) is 1.16. The standard InChI is InChI=1S/C17H19N3O4/c1-10-13(16(22)20-17(23)19-10)6-7-15(21)18-9-12-8-11-4-2-3-5-14(11)24-12/h2-5,12H,6-9H2,1H3,(H,18,21)(H2,19,20,22,23)/t12-/m1/s1. The molecule has 0 radical (unpaired) electrons. The van der Waals surface area contributed by atoms with Gasteiger partial charge < -0.3 is 15.0 Å². The first-order valence-corrected chi connectivity index (χ1v) is 7.86. The summed E-state index contributed by atoms with van der Waals surface area (Å²) in [4.78, 5) is 39.6. The van der Waals surface area contributed by atoms with Crippen molar-refractivity contribution in [3.63, 3.8) is 0 Å². The third-order valence-electron chi connectivity index (χ3n) is 4.10. The van der Waals surface area contributed by atoms with Crippen molar-refractivity contribution in [2.24, 2.45) is 0 Å². The molecule has 0 saturated heterocycles. The van der Waals surface area contributed by atoms with E-state index in [-0.39, 0.29) is 24.9 Å². The molecule has 0 spiro atoms. The highest BCUT2D eigenvalue weighted by Gasteiger charge is 2.22. The Morgan fingerprint density at radius 2 is 2.08 bits per heavy atom. The van der Waals surface area contributed by atoms with Crippen LogP contribution in [0.15, 0.2) is 33.9 Å². The van der Waals surface area contributed by atoms with Gasteiger partial charge in [0.2, 0.25) is 5.91 Å². The van der Waals surface area contributed by atoms with E-state index in [0.29, 0.717) is 17.8 Å². The molecule has 1 amide bonds. The van der Waals surface area contributed by atoms with Gasteiger partial charge in [0, 0.05) is 24.1 Å². The Bertz CT molecular complexity index is 844. The Balaban J connectivity index is 1.49. The second-order valence-corrected chi connectivity index (χ2v) is 5.87. The first kappa shape index (κ1) is 16.0. The zero-order valence-electron chi connectivity index (χ0n) is 13.3. The fraction of sp³-hybridized carbons (Fsp3) is 0.353. The van der Waals surface area contributed by atoms with E-state index >= 15 is 0 Å². The molecule has 24 heavy (non-hydrogen) atoms. The monoisotopic (exact) mass is 329 g/mol. The summed E-state index contributed by atoms with van der Waals surface area (Å²) in [5.41, 5.74) is 1.08. The molecule has 1 aliphatic heterocycles. The summed E-state index contributed by atoms with van der Waals surface area (Å²) in [5, 5.41) is 2.83. The normalized spacial score (nSPS) is 15.6. The summed E-state index contributed by atoms with van der Waals surface area (Å²) >= 11 is 0. The van der Waals surface area contributed by atoms with Crippen LogP contribution < -0.4 is 21.3 Å². The summed E-state index contributed by atoms with van der Waals surface area (Å²) in [7, 11) is 0. The van der Waals surface area contributed by atoms with Gasteiger partial charge in [0.05, 0.1) is 6.54 Å². The smallest absolute Gasteiger partial charge is 0.325 e. The minimum Gasteiger partial charge on any atom is -0.488 e. The maximum absolute atomic E-state index is 12.0. The Morgan fingerprint density at radius 3 is 2.83 bits per heavy atom. The Labute approximate surface area is 138 Å². The van der Waals surface area contributed by atoms with Crippen molar-refractivity contribution in [3.8, 4) is 5.75 Å². The zero-order chi connectivity index (χ0) is 17.1. The maximum Gasteiger partial charge on any atom is 0.325 e. The van der Waals surface area contributed by atoms with E-state index in [2.05, 4.69) is 15.3 Å². The highest BCUT2D eigenvalue weighted by molar-refractivity contribution is 5.76. The molecule has 0 aliphatic carbocycles. The predicted octanol–water partition coefficient (Wildman–Crippen LogP) is 0.424. The zero-order valence-corrected chi connectivity index (χ0v) is 13.3. The highest BCUT2D eigenvalue weighted by Crippen LogP contribution is 2.27. The molecule has 7 nitrogen and oxygen atoms in total. The van der Waals surface area contributed by atoms with Crippen molar-refractivity contribution in [2.45, 2.75) is 32.3 Å². The number of aromatic nitrogens is 2. The highest BCUT2D eigenvalue weighted by atomic mass is 16.5. The number of para-hydroxylation sites is 1. The molecule has 0 bridgehead atoms. The van der Waals surface area contributed by atoms with Crippen LogP contribution >= 0.6 is 0 Å². The molecule has 126 valence electrons. The number of fused-ring (bicyclic) bond motifs is 1. The number of carbonyl (C=O) groups is 1. The number of benzene rings is 1. The number of hydrogen-bond acceptors (Lipinski definition) is 4. The number of carbonyl (C=O) groups excluding carboxylic acids is 1. The molecule has 0 fully saturated rings. The fourth-order valence-electron chi connectivity index (χ4n) is 2.85. The summed E-state index contributed by atoms with van der Waals surface area (Å²) in [6.45, 7) is 2.07. The van der Waals surface area contributed by atoms with Gasteiger partial charge >= 0.3 is 5.69 Å². The SMILES string of the molecule is Cc1[nH]c(=O)[nH]c(=O)c1CCC(=O)NC[C@H]1Cc2ccccc2O1. The summed E-state index contributed by atoms with van der Waals surface area (Å²) in [6, 6.07) is 7.82. The number of rotatable bonds is 5. The van der Waals surface area contributed by atoms with Crippen LogP contribution in [0.2, 0.25) is 0 Å². The number of aromatic amines is 2. The summed E-state index contributed by atoms with van der Waals surface area (Å²) in [5.74, 6) is 0.715. The molecule has 1 aliphatic rings. The Morgan fingerprint density at radius 1 is 1.29 bits per heavy atom. The van der Waals surface area contributed by atoms with Gasteiger partial charge in [-0.15, -0.1) is 0 Å². The number of H-pyrrole nitrogens is 2. The second kappa shape index (κ2) is 6.74. The van der Waals surface area contributed by atoms with Crippen LogP contribution in [0.3, 0.4) is 0 Å². The van der Waals surface area contributed by atoms with Crippen molar-refractivity contribution in [2.75, 3.05) is 6.54 Å². The van der Waals surface area contributed by atoms with Crippen molar-refractivity contribution in [1.29, 1.82) is 0 Å². The van der Waals surface area contributed by atoms with Gasteiger partial charge in [0.15, 0.2) is 0 Å². The van der Waals surface area contributed by atoms with Gasteiger partial charge in [-0.05, 0) is 25.0 Å². The van der Waals surface area contributed by atoms with E-state index in [4.69, 9.17) is 4.74 Å². The Hall–Kier alpha value is -2.83. The maximum atomic E-state index is 12.0. The molecular formula is C17H19N3O4. The summed E-state index contributed by atoms with van der Waals surface area (Å²) < 4.78 is 5.76. The van der Waals surface area contributed by atoms with Crippen molar-refractivity contribution < 1.29 is 9.53 Å². The number of ether oxygens (including phenoxy) is 1. The van der Waals surface area contributed by atoms with Crippen LogP contribution in [0.4, 0.5) is 0 Å². The topological polar surface area (TPSA) is 104 Å². The fourth-order valence-corrected chi connectivity index (χ4v) is 2.85. The lowest BCUT2D eigenvalue weighted by Gasteiger charge is -2.12. The van der Waals surface area contributed by atoms with E-state index in [0.717, 1.165) is 17.7 Å².